The molecule has 2 heterocycles. The number of anilines is 1. The van der Waals surface area contributed by atoms with Gasteiger partial charge in [-0.1, -0.05) is 6.07 Å². The summed E-state index contributed by atoms with van der Waals surface area (Å²) in [6.07, 6.45) is 5.83. The van der Waals surface area contributed by atoms with Crippen LogP contribution >= 0.6 is 0 Å². The van der Waals surface area contributed by atoms with E-state index >= 15 is 0 Å². The summed E-state index contributed by atoms with van der Waals surface area (Å²) in [4.78, 5) is 11.8. The van der Waals surface area contributed by atoms with Crippen LogP contribution in [0.4, 0.5) is 14.5 Å². The van der Waals surface area contributed by atoms with Crippen LogP contribution in [0.3, 0.4) is 0 Å². The summed E-state index contributed by atoms with van der Waals surface area (Å²) in [5, 5.41) is 0. The summed E-state index contributed by atoms with van der Waals surface area (Å²) in [5.41, 5.74) is 9.42. The van der Waals surface area contributed by atoms with E-state index in [0.717, 1.165) is 18.1 Å². The van der Waals surface area contributed by atoms with Crippen LogP contribution < -0.4 is 5.73 Å². The first-order valence-corrected chi connectivity index (χ1v) is 7.29. The lowest BCUT2D eigenvalue weighted by Crippen LogP contribution is -2.10. The second kappa shape index (κ2) is 5.96. The van der Waals surface area contributed by atoms with Crippen LogP contribution in [0.25, 0.3) is 22.3 Å². The molecule has 0 aliphatic rings. The second-order valence-corrected chi connectivity index (χ2v) is 5.62. The molecule has 0 saturated heterocycles. The van der Waals surface area contributed by atoms with Crippen LogP contribution in [0.1, 0.15) is 18.3 Å². The Kier molecular flexibility index (Phi) is 3.97. The van der Waals surface area contributed by atoms with E-state index in [2.05, 4.69) is 21.1 Å². The van der Waals surface area contributed by atoms with E-state index in [1.165, 1.54) is 12.4 Å². The molecular formula is C18H15F2N4. The molecule has 0 spiro atoms. The molecule has 121 valence electrons. The predicted molar refractivity (Wildman–Crippen MR) is 88.3 cm³/mol. The van der Waals surface area contributed by atoms with Gasteiger partial charge in [0.05, 0.1) is 0 Å². The van der Waals surface area contributed by atoms with Gasteiger partial charge in [-0.2, -0.15) is 8.78 Å². The smallest absolute Gasteiger partial charge is 0.287 e. The molecule has 24 heavy (non-hydrogen) atoms. The highest BCUT2D eigenvalue weighted by Gasteiger charge is 2.27. The molecule has 1 radical (unpaired) electrons. The van der Waals surface area contributed by atoms with Gasteiger partial charge in [-0.3, -0.25) is 4.98 Å². The third-order valence-corrected chi connectivity index (χ3v) is 3.56. The first-order valence-electron chi connectivity index (χ1n) is 7.29. The highest BCUT2D eigenvalue weighted by atomic mass is 19.3. The topological polar surface area (TPSA) is 64.7 Å². The molecule has 0 atom stereocenters. The van der Waals surface area contributed by atoms with Crippen molar-refractivity contribution >= 4 is 5.69 Å². The zero-order valence-corrected chi connectivity index (χ0v) is 13.2. The Hall–Kier alpha value is -2.89. The SMILES string of the molecule is Cc1cc(-c2ccc(N)cc2-c2[c]ncnc2)cc(C(C)(F)F)n1. The largest absolute Gasteiger partial charge is 0.399 e. The summed E-state index contributed by atoms with van der Waals surface area (Å²) in [7, 11) is 0. The highest BCUT2D eigenvalue weighted by molar-refractivity contribution is 5.85. The maximum Gasteiger partial charge on any atom is 0.287 e. The average molecular weight is 325 g/mol. The van der Waals surface area contributed by atoms with Gasteiger partial charge in [-0.05, 0) is 47.9 Å². The third kappa shape index (κ3) is 3.22. The fraction of sp³-hybridized carbons (Fsp3) is 0.167. The van der Waals surface area contributed by atoms with E-state index < -0.39 is 5.92 Å². The van der Waals surface area contributed by atoms with Crippen molar-refractivity contribution in [3.8, 4) is 22.3 Å². The number of nitrogens with two attached hydrogens (primary N) is 1. The van der Waals surface area contributed by atoms with Crippen molar-refractivity contribution in [2.75, 3.05) is 5.73 Å². The van der Waals surface area contributed by atoms with Gasteiger partial charge < -0.3 is 5.73 Å². The van der Waals surface area contributed by atoms with Crippen molar-refractivity contribution in [3.63, 3.8) is 0 Å². The minimum absolute atomic E-state index is 0.270. The van der Waals surface area contributed by atoms with Crippen LogP contribution in [-0.4, -0.2) is 15.0 Å². The number of alkyl halides is 2. The van der Waals surface area contributed by atoms with E-state index in [1.54, 1.807) is 37.4 Å². The molecule has 2 aromatic heterocycles. The van der Waals surface area contributed by atoms with Crippen molar-refractivity contribution in [3.05, 3.63) is 60.4 Å². The quantitative estimate of drug-likeness (QED) is 0.739. The normalized spacial score (nSPS) is 11.5. The fourth-order valence-electron chi connectivity index (χ4n) is 2.48. The predicted octanol–water partition coefficient (Wildman–Crippen LogP) is 4.01. The summed E-state index contributed by atoms with van der Waals surface area (Å²) < 4.78 is 27.4. The standard InChI is InChI=1S/C18H15F2N4/c1-11-5-12(6-17(24-11)18(2,19)20)15-4-3-14(21)7-16(15)13-8-22-10-23-9-13/h3-8,10H,21H2,1-2H3. The Bertz CT molecular complexity index is 874. The van der Waals surface area contributed by atoms with Crippen molar-refractivity contribution in [2.45, 2.75) is 19.8 Å². The van der Waals surface area contributed by atoms with Crippen molar-refractivity contribution in [1.29, 1.82) is 0 Å². The molecule has 2 N–H and O–H groups in total. The Balaban J connectivity index is 2.23. The fourth-order valence-corrected chi connectivity index (χ4v) is 2.48. The molecule has 0 unspecified atom stereocenters. The highest BCUT2D eigenvalue weighted by Crippen LogP contribution is 2.35. The monoisotopic (exact) mass is 325 g/mol. The number of hydrogen-bond donors (Lipinski definition) is 1. The van der Waals surface area contributed by atoms with Crippen LogP contribution in [0, 0.1) is 13.1 Å². The Morgan fingerprint density at radius 3 is 2.58 bits per heavy atom. The number of benzene rings is 1. The molecule has 0 fully saturated rings. The zero-order valence-electron chi connectivity index (χ0n) is 13.2. The first kappa shape index (κ1) is 16.0. The van der Waals surface area contributed by atoms with Gasteiger partial charge in [0.15, 0.2) is 0 Å². The lowest BCUT2D eigenvalue weighted by Gasteiger charge is -2.15. The molecular weight excluding hydrogens is 310 g/mol. The number of rotatable bonds is 3. The van der Waals surface area contributed by atoms with Crippen molar-refractivity contribution < 1.29 is 8.78 Å². The van der Waals surface area contributed by atoms with Gasteiger partial charge in [0.2, 0.25) is 0 Å². The second-order valence-electron chi connectivity index (χ2n) is 5.62. The first-order chi connectivity index (χ1) is 11.3. The van der Waals surface area contributed by atoms with Gasteiger partial charge in [0, 0.05) is 30.1 Å². The van der Waals surface area contributed by atoms with E-state index in [4.69, 9.17) is 5.73 Å². The molecule has 6 heteroatoms. The van der Waals surface area contributed by atoms with E-state index in [1.807, 2.05) is 0 Å². The van der Waals surface area contributed by atoms with Crippen LogP contribution in [0.5, 0.6) is 0 Å². The van der Waals surface area contributed by atoms with Gasteiger partial charge in [-0.15, -0.1) is 0 Å². The zero-order chi connectivity index (χ0) is 17.3. The molecule has 0 aliphatic heterocycles. The minimum atomic E-state index is -3.02. The van der Waals surface area contributed by atoms with Crippen LogP contribution in [0.15, 0.2) is 42.9 Å². The molecule has 1 aromatic carbocycles. The van der Waals surface area contributed by atoms with E-state index in [9.17, 15) is 8.78 Å². The molecule has 3 rings (SSSR count). The molecule has 0 amide bonds. The number of nitrogen functional groups attached to an aromatic ring is 1. The summed E-state index contributed by atoms with van der Waals surface area (Å²) >= 11 is 0. The Morgan fingerprint density at radius 2 is 1.92 bits per heavy atom. The lowest BCUT2D eigenvalue weighted by atomic mass is 9.94. The number of hydrogen-bond acceptors (Lipinski definition) is 4. The molecule has 0 bridgehead atoms. The van der Waals surface area contributed by atoms with Crippen LogP contribution in [0.2, 0.25) is 0 Å². The molecule has 3 aromatic rings. The van der Waals surface area contributed by atoms with E-state index in [0.29, 0.717) is 22.5 Å². The minimum Gasteiger partial charge on any atom is -0.399 e. The number of pyridine rings is 1. The molecule has 0 aliphatic carbocycles. The van der Waals surface area contributed by atoms with Gasteiger partial charge in [0.1, 0.15) is 18.2 Å². The Labute approximate surface area is 138 Å². The van der Waals surface area contributed by atoms with E-state index in [-0.39, 0.29) is 5.69 Å². The number of halogens is 2. The lowest BCUT2D eigenvalue weighted by molar-refractivity contribution is 0.0127. The van der Waals surface area contributed by atoms with Gasteiger partial charge in [-0.25, -0.2) is 9.97 Å². The summed E-state index contributed by atoms with van der Waals surface area (Å²) in [6.45, 7) is 2.52. The number of aryl methyl sites for hydroxylation is 1. The number of nitrogens with zero attached hydrogens (tertiary/aromatic N) is 3. The van der Waals surface area contributed by atoms with Crippen LogP contribution in [-0.2, 0) is 5.92 Å². The van der Waals surface area contributed by atoms with Crippen molar-refractivity contribution in [1.82, 2.24) is 15.0 Å². The van der Waals surface area contributed by atoms with Gasteiger partial charge >= 0.3 is 0 Å². The number of aromatic nitrogens is 3. The molecule has 4 nitrogen and oxygen atoms in total. The van der Waals surface area contributed by atoms with Gasteiger partial charge in [0.25, 0.3) is 5.92 Å². The maximum absolute atomic E-state index is 13.7. The maximum atomic E-state index is 13.7. The Morgan fingerprint density at radius 1 is 1.12 bits per heavy atom. The summed E-state index contributed by atoms with van der Waals surface area (Å²) in [5.74, 6) is -3.02. The summed E-state index contributed by atoms with van der Waals surface area (Å²) in [6, 6.07) is 8.42. The van der Waals surface area contributed by atoms with Crippen molar-refractivity contribution in [2.24, 2.45) is 0 Å². The average Bonchev–Trinajstić information content (AvgIpc) is 2.54. The third-order valence-electron chi connectivity index (χ3n) is 3.56. The molecule has 0 saturated carbocycles.